The van der Waals surface area contributed by atoms with Gasteiger partial charge >= 0.3 is 0 Å². The Balaban J connectivity index is 2.14. The third kappa shape index (κ3) is 7.81. The SMILES string of the molecule is C=CCCOCCNCc1ccc(CC(C)C)cc1. The predicted molar refractivity (Wildman–Crippen MR) is 82.3 cm³/mol. The number of hydrogen-bond acceptors (Lipinski definition) is 2. The minimum Gasteiger partial charge on any atom is -0.380 e. The molecule has 0 saturated heterocycles. The van der Waals surface area contributed by atoms with Gasteiger partial charge in [0.15, 0.2) is 0 Å². The van der Waals surface area contributed by atoms with Crippen molar-refractivity contribution in [3.8, 4) is 0 Å². The van der Waals surface area contributed by atoms with Gasteiger partial charge in [0.05, 0.1) is 13.2 Å². The molecule has 1 rings (SSSR count). The summed E-state index contributed by atoms with van der Waals surface area (Å²) in [5, 5.41) is 3.39. The van der Waals surface area contributed by atoms with Gasteiger partial charge < -0.3 is 10.1 Å². The summed E-state index contributed by atoms with van der Waals surface area (Å²) in [6, 6.07) is 8.89. The quantitative estimate of drug-likeness (QED) is 0.513. The van der Waals surface area contributed by atoms with Crippen LogP contribution < -0.4 is 5.32 Å². The number of nitrogens with one attached hydrogen (secondary N) is 1. The summed E-state index contributed by atoms with van der Waals surface area (Å²) in [4.78, 5) is 0. The summed E-state index contributed by atoms with van der Waals surface area (Å²) < 4.78 is 5.44. The number of ether oxygens (including phenoxy) is 1. The van der Waals surface area contributed by atoms with Crippen molar-refractivity contribution in [2.24, 2.45) is 5.92 Å². The van der Waals surface area contributed by atoms with Gasteiger partial charge in [-0.15, -0.1) is 6.58 Å². The first-order chi connectivity index (χ1) is 9.22. The van der Waals surface area contributed by atoms with Crippen LogP contribution in [-0.2, 0) is 17.7 Å². The van der Waals surface area contributed by atoms with Crippen LogP contribution >= 0.6 is 0 Å². The molecule has 0 aromatic heterocycles. The highest BCUT2D eigenvalue weighted by atomic mass is 16.5. The molecule has 0 amide bonds. The molecule has 0 radical (unpaired) electrons. The molecule has 0 fully saturated rings. The average Bonchev–Trinajstić information content (AvgIpc) is 2.39. The molecule has 0 aliphatic rings. The summed E-state index contributed by atoms with van der Waals surface area (Å²) in [5.41, 5.74) is 2.75. The Labute approximate surface area is 117 Å². The van der Waals surface area contributed by atoms with Crippen molar-refractivity contribution in [1.29, 1.82) is 0 Å². The summed E-state index contributed by atoms with van der Waals surface area (Å²) in [6.45, 7) is 11.5. The molecule has 19 heavy (non-hydrogen) atoms. The average molecular weight is 261 g/mol. The lowest BCUT2D eigenvalue weighted by atomic mass is 10.0. The molecule has 106 valence electrons. The molecule has 1 N–H and O–H groups in total. The van der Waals surface area contributed by atoms with E-state index in [0.29, 0.717) is 0 Å². The van der Waals surface area contributed by atoms with Gasteiger partial charge in [-0.05, 0) is 29.9 Å². The van der Waals surface area contributed by atoms with Crippen LogP contribution in [0, 0.1) is 5.92 Å². The van der Waals surface area contributed by atoms with Gasteiger partial charge in [0.1, 0.15) is 0 Å². The Hall–Kier alpha value is -1.12. The first-order valence-corrected chi connectivity index (χ1v) is 7.19. The summed E-state index contributed by atoms with van der Waals surface area (Å²) in [5.74, 6) is 0.719. The Morgan fingerprint density at radius 3 is 2.47 bits per heavy atom. The number of benzene rings is 1. The zero-order chi connectivity index (χ0) is 13.9. The van der Waals surface area contributed by atoms with Crippen molar-refractivity contribution >= 4 is 0 Å². The molecule has 0 unspecified atom stereocenters. The first-order valence-electron chi connectivity index (χ1n) is 7.19. The van der Waals surface area contributed by atoms with Crippen LogP contribution in [0.3, 0.4) is 0 Å². The third-order valence-corrected chi connectivity index (χ3v) is 2.89. The minimum absolute atomic E-state index is 0.719. The van der Waals surface area contributed by atoms with Crippen molar-refractivity contribution in [2.75, 3.05) is 19.8 Å². The minimum atomic E-state index is 0.719. The van der Waals surface area contributed by atoms with E-state index in [1.165, 1.54) is 11.1 Å². The van der Waals surface area contributed by atoms with Crippen LogP contribution in [0.4, 0.5) is 0 Å². The highest BCUT2D eigenvalue weighted by Crippen LogP contribution is 2.09. The Morgan fingerprint density at radius 2 is 1.84 bits per heavy atom. The Kier molecular flexibility index (Phi) is 8.19. The second-order valence-corrected chi connectivity index (χ2v) is 5.28. The molecule has 2 nitrogen and oxygen atoms in total. The van der Waals surface area contributed by atoms with Crippen molar-refractivity contribution in [2.45, 2.75) is 33.2 Å². The van der Waals surface area contributed by atoms with Gasteiger partial charge in [-0.25, -0.2) is 0 Å². The van der Waals surface area contributed by atoms with E-state index in [2.05, 4.69) is 50.0 Å². The van der Waals surface area contributed by atoms with Gasteiger partial charge in [0.25, 0.3) is 0 Å². The molecule has 0 aliphatic heterocycles. The second-order valence-electron chi connectivity index (χ2n) is 5.28. The topological polar surface area (TPSA) is 21.3 Å². The van der Waals surface area contributed by atoms with Crippen molar-refractivity contribution in [3.63, 3.8) is 0 Å². The lowest BCUT2D eigenvalue weighted by Gasteiger charge is -2.08. The van der Waals surface area contributed by atoms with E-state index < -0.39 is 0 Å². The number of rotatable bonds is 10. The molecule has 0 heterocycles. The van der Waals surface area contributed by atoms with Crippen molar-refractivity contribution < 1.29 is 4.74 Å². The lowest BCUT2D eigenvalue weighted by Crippen LogP contribution is -2.19. The largest absolute Gasteiger partial charge is 0.380 e. The van der Waals surface area contributed by atoms with Gasteiger partial charge in [0.2, 0.25) is 0 Å². The molecule has 0 spiro atoms. The first kappa shape index (κ1) is 15.9. The fraction of sp³-hybridized carbons (Fsp3) is 0.529. The molecule has 0 bridgehead atoms. The maximum Gasteiger partial charge on any atom is 0.0591 e. The monoisotopic (exact) mass is 261 g/mol. The normalized spacial score (nSPS) is 10.9. The zero-order valence-corrected chi connectivity index (χ0v) is 12.3. The fourth-order valence-corrected chi connectivity index (χ4v) is 1.91. The highest BCUT2D eigenvalue weighted by molar-refractivity contribution is 5.22. The van der Waals surface area contributed by atoms with Gasteiger partial charge in [-0.2, -0.15) is 0 Å². The highest BCUT2D eigenvalue weighted by Gasteiger charge is 1.98. The molecule has 0 aliphatic carbocycles. The lowest BCUT2D eigenvalue weighted by molar-refractivity contribution is 0.140. The summed E-state index contributed by atoms with van der Waals surface area (Å²) in [7, 11) is 0. The molecule has 0 atom stereocenters. The molecule has 0 saturated carbocycles. The Morgan fingerprint density at radius 1 is 1.16 bits per heavy atom. The molecule has 2 heteroatoms. The van der Waals surface area contributed by atoms with Gasteiger partial charge in [-0.1, -0.05) is 44.2 Å². The van der Waals surface area contributed by atoms with Crippen LogP contribution in [0.15, 0.2) is 36.9 Å². The van der Waals surface area contributed by atoms with Crippen LogP contribution in [-0.4, -0.2) is 19.8 Å². The van der Waals surface area contributed by atoms with E-state index in [1.807, 2.05) is 6.08 Å². The van der Waals surface area contributed by atoms with Crippen molar-refractivity contribution in [3.05, 3.63) is 48.0 Å². The molecular formula is C17H27NO. The van der Waals surface area contributed by atoms with Crippen molar-refractivity contribution in [1.82, 2.24) is 5.32 Å². The number of hydrogen-bond donors (Lipinski definition) is 1. The maximum absolute atomic E-state index is 5.44. The molecular weight excluding hydrogens is 234 g/mol. The van der Waals surface area contributed by atoms with E-state index in [9.17, 15) is 0 Å². The second kappa shape index (κ2) is 9.76. The zero-order valence-electron chi connectivity index (χ0n) is 12.3. The predicted octanol–water partition coefficient (Wildman–Crippen LogP) is 3.57. The maximum atomic E-state index is 5.44. The third-order valence-electron chi connectivity index (χ3n) is 2.89. The van der Waals surface area contributed by atoms with E-state index in [4.69, 9.17) is 4.74 Å². The van der Waals surface area contributed by atoms with Gasteiger partial charge in [0, 0.05) is 13.1 Å². The Bertz CT molecular complexity index is 343. The van der Waals surface area contributed by atoms with E-state index in [1.54, 1.807) is 0 Å². The van der Waals surface area contributed by atoms with Crippen LogP contribution in [0.1, 0.15) is 31.4 Å². The van der Waals surface area contributed by atoms with Crippen LogP contribution in [0.5, 0.6) is 0 Å². The van der Waals surface area contributed by atoms with E-state index in [-0.39, 0.29) is 0 Å². The summed E-state index contributed by atoms with van der Waals surface area (Å²) >= 11 is 0. The molecule has 1 aromatic rings. The van der Waals surface area contributed by atoms with Gasteiger partial charge in [-0.3, -0.25) is 0 Å². The summed E-state index contributed by atoms with van der Waals surface area (Å²) in [6.07, 6.45) is 3.97. The standard InChI is InChI=1S/C17H27NO/c1-4-5-11-19-12-10-18-14-17-8-6-16(7-9-17)13-15(2)3/h4,6-9,15,18H,1,5,10-14H2,2-3H3. The smallest absolute Gasteiger partial charge is 0.0591 e. The fourth-order valence-electron chi connectivity index (χ4n) is 1.91. The van der Waals surface area contributed by atoms with Crippen LogP contribution in [0.2, 0.25) is 0 Å². The van der Waals surface area contributed by atoms with E-state index >= 15 is 0 Å². The molecule has 1 aromatic carbocycles. The van der Waals surface area contributed by atoms with E-state index in [0.717, 1.165) is 45.1 Å². The van der Waals surface area contributed by atoms with Crippen LogP contribution in [0.25, 0.3) is 0 Å².